The Labute approximate surface area is 190 Å². The number of para-hydroxylation sites is 1. The molecule has 3 rings (SSSR count). The van der Waals surface area contributed by atoms with Crippen molar-refractivity contribution in [1.82, 2.24) is 15.5 Å². The Hall–Kier alpha value is -1.87. The zero-order chi connectivity index (χ0) is 19.8. The van der Waals surface area contributed by atoms with E-state index in [9.17, 15) is 4.39 Å². The van der Waals surface area contributed by atoms with Gasteiger partial charge in [-0.1, -0.05) is 30.3 Å². The number of aliphatic imine (C=N–C) groups is 1. The van der Waals surface area contributed by atoms with E-state index >= 15 is 0 Å². The number of guanidine groups is 1. The highest BCUT2D eigenvalue weighted by molar-refractivity contribution is 14.0. The molecule has 0 aliphatic carbocycles. The molecule has 1 saturated heterocycles. The zero-order valence-electron chi connectivity index (χ0n) is 17.1. The first-order valence-corrected chi connectivity index (χ1v) is 9.88. The number of rotatable bonds is 6. The van der Waals surface area contributed by atoms with Crippen molar-refractivity contribution < 1.29 is 4.39 Å². The normalized spacial score (nSPS) is 16.1. The first-order valence-electron chi connectivity index (χ1n) is 9.88. The van der Waals surface area contributed by atoms with Gasteiger partial charge in [0.2, 0.25) is 0 Å². The first kappa shape index (κ1) is 23.4. The molecule has 2 N–H and O–H groups in total. The fraction of sp³-hybridized carbons (Fsp3) is 0.409. The molecule has 7 heteroatoms. The van der Waals surface area contributed by atoms with E-state index < -0.39 is 0 Å². The van der Waals surface area contributed by atoms with Crippen LogP contribution in [-0.2, 0) is 6.54 Å². The van der Waals surface area contributed by atoms with Crippen molar-refractivity contribution in [3.8, 4) is 0 Å². The van der Waals surface area contributed by atoms with Gasteiger partial charge in [-0.05, 0) is 36.8 Å². The average molecular weight is 511 g/mol. The third kappa shape index (κ3) is 7.15. The van der Waals surface area contributed by atoms with Crippen molar-refractivity contribution >= 4 is 35.6 Å². The van der Waals surface area contributed by atoms with Crippen LogP contribution in [-0.4, -0.2) is 56.7 Å². The fourth-order valence-electron chi connectivity index (χ4n) is 3.49. The van der Waals surface area contributed by atoms with Gasteiger partial charge in [-0.15, -0.1) is 24.0 Å². The number of hydrogen-bond donors (Lipinski definition) is 2. The standard InChI is InChI=1S/C22H30FN5.HI/c1-18(27-11-13-28(14-12-27)21-9-4-3-5-10-21)16-25-22(24-2)26-17-19-7-6-8-20(23)15-19;/h3-10,15,18H,11-14,16-17H2,1-2H3,(H2,24,25,26);1H. The van der Waals surface area contributed by atoms with Gasteiger partial charge < -0.3 is 15.5 Å². The van der Waals surface area contributed by atoms with Crippen molar-refractivity contribution in [1.29, 1.82) is 0 Å². The minimum Gasteiger partial charge on any atom is -0.369 e. The van der Waals surface area contributed by atoms with Crippen LogP contribution < -0.4 is 15.5 Å². The number of anilines is 1. The summed E-state index contributed by atoms with van der Waals surface area (Å²) in [7, 11) is 1.75. The Balaban J connectivity index is 0.00000300. The van der Waals surface area contributed by atoms with Gasteiger partial charge in [0.05, 0.1) is 0 Å². The van der Waals surface area contributed by atoms with E-state index in [-0.39, 0.29) is 29.8 Å². The van der Waals surface area contributed by atoms with Gasteiger partial charge in [0.25, 0.3) is 0 Å². The van der Waals surface area contributed by atoms with Gasteiger partial charge in [0.1, 0.15) is 5.82 Å². The lowest BCUT2D eigenvalue weighted by Crippen LogP contribution is -2.53. The zero-order valence-corrected chi connectivity index (χ0v) is 19.5. The smallest absolute Gasteiger partial charge is 0.191 e. The quantitative estimate of drug-likeness (QED) is 0.355. The highest BCUT2D eigenvalue weighted by Crippen LogP contribution is 2.16. The van der Waals surface area contributed by atoms with Crippen LogP contribution >= 0.6 is 24.0 Å². The van der Waals surface area contributed by atoms with Crippen molar-refractivity contribution in [3.63, 3.8) is 0 Å². The van der Waals surface area contributed by atoms with Crippen LogP contribution in [0.3, 0.4) is 0 Å². The topological polar surface area (TPSA) is 42.9 Å². The Morgan fingerprint density at radius 1 is 1.03 bits per heavy atom. The van der Waals surface area contributed by atoms with Gasteiger partial charge in [0, 0.05) is 58.0 Å². The van der Waals surface area contributed by atoms with Crippen LogP contribution in [0.2, 0.25) is 0 Å². The van der Waals surface area contributed by atoms with E-state index in [0.29, 0.717) is 12.6 Å². The lowest BCUT2D eigenvalue weighted by Gasteiger charge is -2.39. The van der Waals surface area contributed by atoms with E-state index in [4.69, 9.17) is 0 Å². The molecule has 1 aliphatic heterocycles. The van der Waals surface area contributed by atoms with E-state index in [1.54, 1.807) is 13.1 Å². The highest BCUT2D eigenvalue weighted by atomic mass is 127. The Kier molecular flexibility index (Phi) is 9.66. The first-order chi connectivity index (χ1) is 13.7. The Bertz CT molecular complexity index is 763. The summed E-state index contributed by atoms with van der Waals surface area (Å²) in [5, 5.41) is 6.63. The lowest BCUT2D eigenvalue weighted by atomic mass is 10.2. The van der Waals surface area contributed by atoms with E-state index in [1.165, 1.54) is 17.8 Å². The molecule has 0 radical (unpaired) electrons. The van der Waals surface area contributed by atoms with Crippen LogP contribution in [0, 0.1) is 5.82 Å². The number of nitrogens with zero attached hydrogens (tertiary/aromatic N) is 3. The molecule has 5 nitrogen and oxygen atoms in total. The largest absolute Gasteiger partial charge is 0.369 e. The van der Waals surface area contributed by atoms with E-state index in [0.717, 1.165) is 44.2 Å². The summed E-state index contributed by atoms with van der Waals surface area (Å²) >= 11 is 0. The number of halogens is 2. The summed E-state index contributed by atoms with van der Waals surface area (Å²) in [6.45, 7) is 7.78. The van der Waals surface area contributed by atoms with Gasteiger partial charge >= 0.3 is 0 Å². The van der Waals surface area contributed by atoms with Crippen LogP contribution in [0.5, 0.6) is 0 Å². The minimum absolute atomic E-state index is 0. The van der Waals surface area contributed by atoms with Crippen LogP contribution in [0.4, 0.5) is 10.1 Å². The summed E-state index contributed by atoms with van der Waals surface area (Å²) in [5.74, 6) is 0.518. The number of benzene rings is 2. The maximum Gasteiger partial charge on any atom is 0.191 e. The summed E-state index contributed by atoms with van der Waals surface area (Å²) < 4.78 is 13.3. The van der Waals surface area contributed by atoms with Crippen molar-refractivity contribution in [2.45, 2.75) is 19.5 Å². The maximum absolute atomic E-state index is 13.3. The predicted molar refractivity (Wildman–Crippen MR) is 130 cm³/mol. The molecule has 1 heterocycles. The molecule has 1 fully saturated rings. The van der Waals surface area contributed by atoms with E-state index in [2.05, 4.69) is 62.7 Å². The lowest BCUT2D eigenvalue weighted by molar-refractivity contribution is 0.197. The minimum atomic E-state index is -0.217. The van der Waals surface area contributed by atoms with Crippen LogP contribution in [0.15, 0.2) is 59.6 Å². The van der Waals surface area contributed by atoms with Crippen molar-refractivity contribution in [3.05, 3.63) is 66.0 Å². The molecular weight excluding hydrogens is 480 g/mol. The van der Waals surface area contributed by atoms with Crippen LogP contribution in [0.1, 0.15) is 12.5 Å². The highest BCUT2D eigenvalue weighted by Gasteiger charge is 2.21. The van der Waals surface area contributed by atoms with Gasteiger partial charge in [0.15, 0.2) is 5.96 Å². The molecular formula is C22H31FIN5. The predicted octanol–water partition coefficient (Wildman–Crippen LogP) is 3.32. The molecule has 0 saturated carbocycles. The molecule has 158 valence electrons. The molecule has 2 aromatic rings. The molecule has 2 aromatic carbocycles. The Morgan fingerprint density at radius 2 is 1.76 bits per heavy atom. The monoisotopic (exact) mass is 511 g/mol. The average Bonchev–Trinajstić information content (AvgIpc) is 2.74. The summed E-state index contributed by atoms with van der Waals surface area (Å²) in [6, 6.07) is 17.6. The van der Waals surface area contributed by atoms with E-state index in [1.807, 2.05) is 6.07 Å². The summed E-state index contributed by atoms with van der Waals surface area (Å²) in [5.41, 5.74) is 2.20. The second-order valence-corrected chi connectivity index (χ2v) is 7.14. The molecule has 0 bridgehead atoms. The van der Waals surface area contributed by atoms with Crippen molar-refractivity contribution in [2.75, 3.05) is 44.7 Å². The maximum atomic E-state index is 13.3. The third-order valence-corrected chi connectivity index (χ3v) is 5.20. The molecule has 0 spiro atoms. The molecule has 1 aliphatic rings. The molecule has 0 amide bonds. The number of nitrogens with one attached hydrogen (secondary N) is 2. The summed E-state index contributed by atoms with van der Waals surface area (Å²) in [4.78, 5) is 9.22. The molecule has 1 atom stereocenters. The molecule has 1 unspecified atom stereocenters. The number of piperazine rings is 1. The number of hydrogen-bond acceptors (Lipinski definition) is 3. The third-order valence-electron chi connectivity index (χ3n) is 5.20. The van der Waals surface area contributed by atoms with Crippen molar-refractivity contribution in [2.24, 2.45) is 4.99 Å². The second kappa shape index (κ2) is 12.0. The van der Waals surface area contributed by atoms with Gasteiger partial charge in [-0.3, -0.25) is 9.89 Å². The fourth-order valence-corrected chi connectivity index (χ4v) is 3.49. The Morgan fingerprint density at radius 3 is 2.41 bits per heavy atom. The molecule has 29 heavy (non-hydrogen) atoms. The summed E-state index contributed by atoms with van der Waals surface area (Å²) in [6.07, 6.45) is 0. The molecule has 0 aromatic heterocycles. The van der Waals surface area contributed by atoms with Crippen LogP contribution in [0.25, 0.3) is 0 Å². The van der Waals surface area contributed by atoms with Gasteiger partial charge in [-0.25, -0.2) is 4.39 Å². The van der Waals surface area contributed by atoms with Gasteiger partial charge in [-0.2, -0.15) is 0 Å². The second-order valence-electron chi connectivity index (χ2n) is 7.14. The SMILES string of the molecule is CN=C(NCc1cccc(F)c1)NCC(C)N1CCN(c2ccccc2)CC1.I.